The Morgan fingerprint density at radius 3 is 1.60 bits per heavy atom. The number of aliphatic hydroxyl groups excluding tert-OH is 1. The van der Waals surface area contributed by atoms with E-state index in [0.29, 0.717) is 77.6 Å². The van der Waals surface area contributed by atoms with Gasteiger partial charge in [-0.3, -0.25) is 0 Å². The first-order valence-corrected chi connectivity index (χ1v) is 10.3. The minimum Gasteiger partial charge on any atom is -0.487 e. The first kappa shape index (κ1) is 22.5. The van der Waals surface area contributed by atoms with Crippen molar-refractivity contribution in [1.29, 1.82) is 0 Å². The molecule has 0 saturated carbocycles. The highest BCUT2D eigenvalue weighted by atomic mass is 16.6. The van der Waals surface area contributed by atoms with Gasteiger partial charge in [0, 0.05) is 0 Å². The number of benzene rings is 2. The number of hydrogen-bond donors (Lipinski definition) is 1. The van der Waals surface area contributed by atoms with E-state index in [1.165, 1.54) is 0 Å². The van der Waals surface area contributed by atoms with Gasteiger partial charge in [0.25, 0.3) is 0 Å². The quantitative estimate of drug-likeness (QED) is 0.803. The van der Waals surface area contributed by atoms with E-state index in [1.807, 2.05) is 48.5 Å². The summed E-state index contributed by atoms with van der Waals surface area (Å²) in [5.41, 5.74) is 1.55. The molecule has 3 rings (SSSR count). The van der Waals surface area contributed by atoms with Crippen LogP contribution in [0.2, 0.25) is 0 Å². The fourth-order valence-corrected chi connectivity index (χ4v) is 2.94. The van der Waals surface area contributed by atoms with E-state index in [1.54, 1.807) is 0 Å². The van der Waals surface area contributed by atoms with E-state index >= 15 is 0 Å². The molecule has 0 radical (unpaired) electrons. The summed E-state index contributed by atoms with van der Waals surface area (Å²) in [4.78, 5) is 0. The highest BCUT2D eigenvalue weighted by molar-refractivity contribution is 5.45. The van der Waals surface area contributed by atoms with Crippen LogP contribution in [0, 0.1) is 0 Å². The maximum absolute atomic E-state index is 10.7. The molecular formula is C23H30O7. The zero-order valence-corrected chi connectivity index (χ0v) is 17.2. The van der Waals surface area contributed by atoms with Crippen LogP contribution in [-0.4, -0.2) is 71.2 Å². The van der Waals surface area contributed by atoms with E-state index in [-0.39, 0.29) is 0 Å². The summed E-state index contributed by atoms with van der Waals surface area (Å²) in [5.74, 6) is 1.16. The highest BCUT2D eigenvalue weighted by Gasteiger charge is 2.14. The molecule has 1 atom stereocenters. The van der Waals surface area contributed by atoms with Crippen molar-refractivity contribution in [2.75, 3.05) is 66.1 Å². The normalized spacial score (nSPS) is 18.7. The molecule has 1 aliphatic rings. The summed E-state index contributed by atoms with van der Waals surface area (Å²) in [6, 6.07) is 15.0. The van der Waals surface area contributed by atoms with Crippen LogP contribution in [0.5, 0.6) is 11.5 Å². The molecule has 0 bridgehead atoms. The Morgan fingerprint density at radius 2 is 1.03 bits per heavy atom. The van der Waals surface area contributed by atoms with Gasteiger partial charge in [0.2, 0.25) is 0 Å². The molecule has 164 valence electrons. The molecule has 2 aromatic rings. The standard InChI is InChI=1S/C23H30O7/c24-23(19-4-2-1-3-5-19)20-6-7-21-22(18-20)30-17-15-28-13-11-26-9-8-25-10-12-27-14-16-29-21/h1-7,18,23-24H,8-17H2/t23-/m0/s1. The van der Waals surface area contributed by atoms with Crippen molar-refractivity contribution < 1.29 is 33.5 Å². The Balaban J connectivity index is 1.65. The lowest BCUT2D eigenvalue weighted by atomic mass is 10.0. The zero-order chi connectivity index (χ0) is 20.9. The molecule has 2 aromatic carbocycles. The summed E-state index contributed by atoms with van der Waals surface area (Å²) < 4.78 is 33.7. The molecular weight excluding hydrogens is 388 g/mol. The van der Waals surface area contributed by atoms with Gasteiger partial charge in [-0.2, -0.15) is 0 Å². The highest BCUT2D eigenvalue weighted by Crippen LogP contribution is 2.32. The Kier molecular flexibility index (Phi) is 9.91. The lowest BCUT2D eigenvalue weighted by Crippen LogP contribution is -2.16. The largest absolute Gasteiger partial charge is 0.487 e. The van der Waals surface area contributed by atoms with Gasteiger partial charge in [0.05, 0.1) is 52.9 Å². The lowest BCUT2D eigenvalue weighted by Gasteiger charge is -2.17. The molecule has 0 saturated heterocycles. The van der Waals surface area contributed by atoms with Crippen LogP contribution < -0.4 is 9.47 Å². The molecule has 30 heavy (non-hydrogen) atoms. The lowest BCUT2D eigenvalue weighted by molar-refractivity contribution is -0.00842. The molecule has 0 fully saturated rings. The molecule has 1 N–H and O–H groups in total. The van der Waals surface area contributed by atoms with Gasteiger partial charge < -0.3 is 33.5 Å². The molecule has 0 aromatic heterocycles. The fraction of sp³-hybridized carbons (Fsp3) is 0.478. The Labute approximate surface area is 177 Å². The molecule has 0 aliphatic carbocycles. The van der Waals surface area contributed by atoms with Gasteiger partial charge in [0.1, 0.15) is 19.3 Å². The second-order valence-corrected chi connectivity index (χ2v) is 6.67. The van der Waals surface area contributed by atoms with E-state index in [4.69, 9.17) is 28.4 Å². The predicted octanol–water partition coefficient (Wildman–Crippen LogP) is 2.61. The van der Waals surface area contributed by atoms with Crippen LogP contribution in [0.25, 0.3) is 0 Å². The van der Waals surface area contributed by atoms with Crippen molar-refractivity contribution in [3.05, 3.63) is 59.7 Å². The average molecular weight is 418 g/mol. The molecule has 0 unspecified atom stereocenters. The maximum atomic E-state index is 10.7. The van der Waals surface area contributed by atoms with E-state index < -0.39 is 6.10 Å². The average Bonchev–Trinajstić information content (AvgIpc) is 2.79. The fourth-order valence-electron chi connectivity index (χ4n) is 2.94. The Morgan fingerprint density at radius 1 is 0.533 bits per heavy atom. The molecule has 1 heterocycles. The Hall–Kier alpha value is -2.16. The van der Waals surface area contributed by atoms with Crippen LogP contribution in [0.4, 0.5) is 0 Å². The maximum Gasteiger partial charge on any atom is 0.161 e. The monoisotopic (exact) mass is 418 g/mol. The number of hydrogen-bond acceptors (Lipinski definition) is 7. The van der Waals surface area contributed by atoms with Crippen molar-refractivity contribution in [3.63, 3.8) is 0 Å². The number of ether oxygens (including phenoxy) is 6. The van der Waals surface area contributed by atoms with Crippen LogP contribution >= 0.6 is 0 Å². The molecule has 7 heteroatoms. The number of aliphatic hydroxyl groups is 1. The van der Waals surface area contributed by atoms with E-state index in [9.17, 15) is 5.11 Å². The van der Waals surface area contributed by atoms with Crippen LogP contribution in [0.15, 0.2) is 48.5 Å². The third-order valence-corrected chi connectivity index (χ3v) is 4.49. The van der Waals surface area contributed by atoms with Crippen LogP contribution in [0.3, 0.4) is 0 Å². The number of rotatable bonds is 2. The SMILES string of the molecule is O[C@@H](c1ccccc1)c1ccc2c(c1)OCCOCCOCCOCCOCCO2. The van der Waals surface area contributed by atoms with Gasteiger partial charge >= 0.3 is 0 Å². The molecule has 0 amide bonds. The molecule has 0 spiro atoms. The third-order valence-electron chi connectivity index (χ3n) is 4.49. The summed E-state index contributed by atoms with van der Waals surface area (Å²) >= 11 is 0. The van der Waals surface area contributed by atoms with E-state index in [2.05, 4.69) is 0 Å². The van der Waals surface area contributed by atoms with E-state index in [0.717, 1.165) is 11.1 Å². The smallest absolute Gasteiger partial charge is 0.161 e. The molecule has 7 nitrogen and oxygen atoms in total. The third kappa shape index (κ3) is 7.59. The van der Waals surface area contributed by atoms with Gasteiger partial charge in [0.15, 0.2) is 11.5 Å². The summed E-state index contributed by atoms with van der Waals surface area (Å²) in [7, 11) is 0. The van der Waals surface area contributed by atoms with Gasteiger partial charge in [-0.25, -0.2) is 0 Å². The van der Waals surface area contributed by atoms with Gasteiger partial charge in [-0.15, -0.1) is 0 Å². The molecule has 1 aliphatic heterocycles. The van der Waals surface area contributed by atoms with Gasteiger partial charge in [-0.1, -0.05) is 36.4 Å². The second-order valence-electron chi connectivity index (χ2n) is 6.67. The predicted molar refractivity (Wildman–Crippen MR) is 111 cm³/mol. The van der Waals surface area contributed by atoms with Crippen molar-refractivity contribution >= 4 is 0 Å². The van der Waals surface area contributed by atoms with Crippen LogP contribution in [-0.2, 0) is 18.9 Å². The first-order chi connectivity index (χ1) is 14.8. The first-order valence-electron chi connectivity index (χ1n) is 10.3. The van der Waals surface area contributed by atoms with Crippen molar-refractivity contribution in [3.8, 4) is 11.5 Å². The van der Waals surface area contributed by atoms with Crippen molar-refractivity contribution in [2.24, 2.45) is 0 Å². The second kappa shape index (κ2) is 13.2. The zero-order valence-electron chi connectivity index (χ0n) is 17.2. The van der Waals surface area contributed by atoms with Gasteiger partial charge in [-0.05, 0) is 23.3 Å². The minimum atomic E-state index is -0.745. The van der Waals surface area contributed by atoms with Crippen LogP contribution in [0.1, 0.15) is 17.2 Å². The number of fused-ring (bicyclic) bond motifs is 1. The summed E-state index contributed by atoms with van der Waals surface area (Å²) in [6.07, 6.45) is -0.745. The summed E-state index contributed by atoms with van der Waals surface area (Å²) in [5, 5.41) is 10.7. The topological polar surface area (TPSA) is 75.6 Å². The minimum absolute atomic E-state index is 0.362. The summed E-state index contributed by atoms with van der Waals surface area (Å²) in [6.45, 7) is 4.69. The van der Waals surface area contributed by atoms with Crippen molar-refractivity contribution in [2.45, 2.75) is 6.10 Å². The van der Waals surface area contributed by atoms with Crippen molar-refractivity contribution in [1.82, 2.24) is 0 Å². The Bertz CT molecular complexity index is 723.